The number of carbonyl (C=O) groups excluding carboxylic acids is 2. The van der Waals surface area contributed by atoms with Gasteiger partial charge in [0.2, 0.25) is 0 Å². The minimum absolute atomic E-state index is 0.162. The van der Waals surface area contributed by atoms with Crippen molar-refractivity contribution in [3.05, 3.63) is 11.1 Å². The van der Waals surface area contributed by atoms with Gasteiger partial charge in [0.05, 0.1) is 0 Å². The SMILES string of the molecule is COC1(C(=O)Nc2nc(C(N)=O)cs2)CCCCC1. The number of hydrogen-bond donors (Lipinski definition) is 2. The maximum absolute atomic E-state index is 12.3. The molecular weight excluding hydrogens is 266 g/mol. The molecule has 7 heteroatoms. The Kier molecular flexibility index (Phi) is 4.16. The van der Waals surface area contributed by atoms with Crippen LogP contribution in [0.1, 0.15) is 42.6 Å². The van der Waals surface area contributed by atoms with Gasteiger partial charge in [0.15, 0.2) is 5.13 Å². The van der Waals surface area contributed by atoms with Gasteiger partial charge in [-0.15, -0.1) is 11.3 Å². The molecule has 0 radical (unpaired) electrons. The van der Waals surface area contributed by atoms with Crippen molar-refractivity contribution in [1.29, 1.82) is 0 Å². The van der Waals surface area contributed by atoms with Gasteiger partial charge in [-0.05, 0) is 12.8 Å². The van der Waals surface area contributed by atoms with Gasteiger partial charge in [0.25, 0.3) is 11.8 Å². The summed E-state index contributed by atoms with van der Waals surface area (Å²) in [4.78, 5) is 27.2. The molecule has 2 amide bonds. The third-order valence-corrected chi connectivity index (χ3v) is 4.20. The molecule has 0 unspecified atom stereocenters. The van der Waals surface area contributed by atoms with Crippen LogP contribution in [0.2, 0.25) is 0 Å². The van der Waals surface area contributed by atoms with Crippen LogP contribution in [0.25, 0.3) is 0 Å². The fourth-order valence-electron chi connectivity index (χ4n) is 2.30. The van der Waals surface area contributed by atoms with Gasteiger partial charge in [0, 0.05) is 12.5 Å². The third kappa shape index (κ3) is 2.93. The van der Waals surface area contributed by atoms with Crippen LogP contribution in [-0.2, 0) is 9.53 Å². The molecule has 2 rings (SSSR count). The molecule has 3 N–H and O–H groups in total. The lowest BCUT2D eigenvalue weighted by molar-refractivity contribution is -0.141. The molecule has 1 aliphatic rings. The molecule has 0 bridgehead atoms. The van der Waals surface area contributed by atoms with Crippen LogP contribution in [0.3, 0.4) is 0 Å². The van der Waals surface area contributed by atoms with E-state index >= 15 is 0 Å². The number of anilines is 1. The number of nitrogens with two attached hydrogens (primary N) is 1. The highest BCUT2D eigenvalue weighted by Crippen LogP contribution is 2.32. The van der Waals surface area contributed by atoms with Crippen LogP contribution in [0, 0.1) is 0 Å². The Bertz CT molecular complexity index is 480. The van der Waals surface area contributed by atoms with Gasteiger partial charge in [-0.2, -0.15) is 0 Å². The first-order chi connectivity index (χ1) is 9.07. The number of nitrogens with zero attached hydrogens (tertiary/aromatic N) is 1. The van der Waals surface area contributed by atoms with Gasteiger partial charge in [-0.25, -0.2) is 4.98 Å². The normalized spacial score (nSPS) is 17.9. The molecule has 0 aliphatic heterocycles. The van der Waals surface area contributed by atoms with Gasteiger partial charge >= 0.3 is 0 Å². The van der Waals surface area contributed by atoms with Crippen LogP contribution >= 0.6 is 11.3 Å². The highest BCUT2D eigenvalue weighted by molar-refractivity contribution is 7.14. The summed E-state index contributed by atoms with van der Waals surface area (Å²) in [6.45, 7) is 0. The maximum Gasteiger partial charge on any atom is 0.268 e. The second-order valence-corrected chi connectivity index (χ2v) is 5.47. The number of nitrogens with one attached hydrogen (secondary N) is 1. The van der Waals surface area contributed by atoms with Crippen molar-refractivity contribution >= 4 is 28.3 Å². The topological polar surface area (TPSA) is 94.3 Å². The number of thiazole rings is 1. The third-order valence-electron chi connectivity index (χ3n) is 3.44. The number of amides is 2. The van der Waals surface area contributed by atoms with Crippen molar-refractivity contribution in [1.82, 2.24) is 4.98 Å². The Labute approximate surface area is 115 Å². The minimum Gasteiger partial charge on any atom is -0.368 e. The Morgan fingerprint density at radius 3 is 2.63 bits per heavy atom. The smallest absolute Gasteiger partial charge is 0.268 e. The largest absolute Gasteiger partial charge is 0.368 e. The molecule has 104 valence electrons. The Hall–Kier alpha value is -1.47. The fraction of sp³-hybridized carbons (Fsp3) is 0.583. The van der Waals surface area contributed by atoms with Crippen LogP contribution in [0.5, 0.6) is 0 Å². The van der Waals surface area contributed by atoms with Crippen molar-refractivity contribution in [3.63, 3.8) is 0 Å². The number of methoxy groups -OCH3 is 1. The second kappa shape index (κ2) is 5.66. The van der Waals surface area contributed by atoms with Gasteiger partial charge < -0.3 is 10.5 Å². The molecule has 6 nitrogen and oxygen atoms in total. The van der Waals surface area contributed by atoms with E-state index in [4.69, 9.17) is 10.5 Å². The average Bonchev–Trinajstić information content (AvgIpc) is 2.88. The summed E-state index contributed by atoms with van der Waals surface area (Å²) in [5, 5.41) is 4.62. The van der Waals surface area contributed by atoms with Crippen molar-refractivity contribution in [2.24, 2.45) is 5.73 Å². The summed E-state index contributed by atoms with van der Waals surface area (Å²) in [6.07, 6.45) is 4.51. The molecule has 0 atom stereocenters. The molecular formula is C12H17N3O3S. The van der Waals surface area contributed by atoms with Crippen LogP contribution in [0.15, 0.2) is 5.38 Å². The maximum atomic E-state index is 12.3. The Morgan fingerprint density at radius 1 is 1.42 bits per heavy atom. The predicted octanol–water partition coefficient (Wildman–Crippen LogP) is 1.53. The van der Waals surface area contributed by atoms with E-state index in [1.165, 1.54) is 16.7 Å². The van der Waals surface area contributed by atoms with E-state index in [0.29, 0.717) is 18.0 Å². The Balaban J connectivity index is 2.08. The zero-order valence-electron chi connectivity index (χ0n) is 10.8. The summed E-state index contributed by atoms with van der Waals surface area (Å²) < 4.78 is 5.44. The number of aromatic nitrogens is 1. The van der Waals surface area contributed by atoms with Gasteiger partial charge in [0.1, 0.15) is 11.3 Å². The van der Waals surface area contributed by atoms with E-state index in [-0.39, 0.29) is 11.6 Å². The van der Waals surface area contributed by atoms with Gasteiger partial charge in [-0.1, -0.05) is 19.3 Å². The van der Waals surface area contributed by atoms with Crippen LogP contribution in [-0.4, -0.2) is 29.5 Å². The van der Waals surface area contributed by atoms with E-state index < -0.39 is 11.5 Å². The highest BCUT2D eigenvalue weighted by atomic mass is 32.1. The summed E-state index contributed by atoms with van der Waals surface area (Å²) >= 11 is 1.18. The zero-order chi connectivity index (χ0) is 13.9. The lowest BCUT2D eigenvalue weighted by atomic mass is 9.84. The number of ether oxygens (including phenoxy) is 1. The quantitative estimate of drug-likeness (QED) is 0.876. The first kappa shape index (κ1) is 14.0. The van der Waals surface area contributed by atoms with E-state index in [1.54, 1.807) is 7.11 Å². The van der Waals surface area contributed by atoms with Gasteiger partial charge in [-0.3, -0.25) is 14.9 Å². The van der Waals surface area contributed by atoms with Crippen molar-refractivity contribution in [3.8, 4) is 0 Å². The lowest BCUT2D eigenvalue weighted by Gasteiger charge is -2.33. The van der Waals surface area contributed by atoms with Crippen molar-refractivity contribution in [2.45, 2.75) is 37.7 Å². The summed E-state index contributed by atoms with van der Waals surface area (Å²) in [5.74, 6) is -0.795. The fourth-order valence-corrected chi connectivity index (χ4v) is 3.00. The number of rotatable bonds is 4. The molecule has 1 heterocycles. The summed E-state index contributed by atoms with van der Waals surface area (Å²) in [6, 6.07) is 0. The first-order valence-corrected chi connectivity index (χ1v) is 7.07. The molecule has 0 spiro atoms. The zero-order valence-corrected chi connectivity index (χ0v) is 11.6. The molecule has 0 saturated heterocycles. The number of primary amides is 1. The van der Waals surface area contributed by atoms with E-state index in [0.717, 1.165) is 19.3 Å². The standard InChI is InChI=1S/C12H17N3O3S/c1-18-12(5-3-2-4-6-12)10(17)15-11-14-8(7-19-11)9(13)16/h7H,2-6H2,1H3,(H2,13,16)(H,14,15,17). The minimum atomic E-state index is -0.767. The number of carbonyl (C=O) groups is 2. The van der Waals surface area contributed by atoms with Crippen molar-refractivity contribution in [2.75, 3.05) is 12.4 Å². The molecule has 1 aliphatic carbocycles. The van der Waals surface area contributed by atoms with Crippen LogP contribution in [0.4, 0.5) is 5.13 Å². The molecule has 1 saturated carbocycles. The highest BCUT2D eigenvalue weighted by Gasteiger charge is 2.39. The van der Waals surface area contributed by atoms with E-state index in [9.17, 15) is 9.59 Å². The van der Waals surface area contributed by atoms with Crippen molar-refractivity contribution < 1.29 is 14.3 Å². The average molecular weight is 283 g/mol. The predicted molar refractivity (Wildman–Crippen MR) is 72.1 cm³/mol. The molecule has 1 aromatic heterocycles. The first-order valence-electron chi connectivity index (χ1n) is 6.19. The lowest BCUT2D eigenvalue weighted by Crippen LogP contribution is -2.46. The monoisotopic (exact) mass is 283 g/mol. The summed E-state index contributed by atoms with van der Waals surface area (Å²) in [5.41, 5.74) is 4.52. The Morgan fingerprint density at radius 2 is 2.11 bits per heavy atom. The molecule has 1 fully saturated rings. The van der Waals surface area contributed by atoms with Crippen LogP contribution < -0.4 is 11.1 Å². The number of hydrogen-bond acceptors (Lipinski definition) is 5. The summed E-state index contributed by atoms with van der Waals surface area (Å²) in [7, 11) is 1.56. The molecule has 0 aromatic carbocycles. The van der Waals surface area contributed by atoms with E-state index in [2.05, 4.69) is 10.3 Å². The van der Waals surface area contributed by atoms with E-state index in [1.807, 2.05) is 0 Å². The molecule has 1 aromatic rings. The molecule has 19 heavy (non-hydrogen) atoms. The second-order valence-electron chi connectivity index (χ2n) is 4.62.